The van der Waals surface area contributed by atoms with Gasteiger partial charge in [-0.3, -0.25) is 4.79 Å². The lowest BCUT2D eigenvalue weighted by Crippen LogP contribution is -2.31. The van der Waals surface area contributed by atoms with Crippen LogP contribution in [0.25, 0.3) is 10.9 Å². The average molecular weight is 307 g/mol. The molecule has 3 rings (SSSR count). The molecule has 1 N–H and O–H groups in total. The molecular weight excluding hydrogens is 286 g/mol. The Kier molecular flexibility index (Phi) is 4.15. The van der Waals surface area contributed by atoms with Gasteiger partial charge in [-0.1, -0.05) is 50.2 Å². The molecule has 3 aromatic rings. The highest BCUT2D eigenvalue weighted by Gasteiger charge is 2.07. The van der Waals surface area contributed by atoms with Crippen LogP contribution in [0.5, 0.6) is 0 Å². The number of hydrogen-bond donors (Lipinski definition) is 1. The van der Waals surface area contributed by atoms with Crippen LogP contribution in [0.1, 0.15) is 36.7 Å². The summed E-state index contributed by atoms with van der Waals surface area (Å²) < 4.78 is 1.53. The van der Waals surface area contributed by atoms with Crippen molar-refractivity contribution in [2.75, 3.05) is 5.43 Å². The van der Waals surface area contributed by atoms with E-state index in [4.69, 9.17) is 0 Å². The standard InChI is InChI=1S/C19H21N3O/c1-13(2)16-10-8-15(9-11-16)12-20-22-14(3)21-18-7-5-4-6-17(18)19(22)23/h4-11,13,20H,12H2,1-3H3. The molecule has 118 valence electrons. The third-order valence-electron chi connectivity index (χ3n) is 4.03. The lowest BCUT2D eigenvalue weighted by molar-refractivity contribution is 0.754. The van der Waals surface area contributed by atoms with Crippen molar-refractivity contribution in [1.29, 1.82) is 0 Å². The zero-order chi connectivity index (χ0) is 16.4. The predicted octanol–water partition coefficient (Wildman–Crippen LogP) is 3.57. The van der Waals surface area contributed by atoms with Crippen molar-refractivity contribution in [2.45, 2.75) is 33.2 Å². The minimum Gasteiger partial charge on any atom is -0.317 e. The van der Waals surface area contributed by atoms with Gasteiger partial charge in [0, 0.05) is 0 Å². The van der Waals surface area contributed by atoms with E-state index in [0.717, 1.165) is 11.1 Å². The summed E-state index contributed by atoms with van der Waals surface area (Å²) in [5, 5.41) is 0.626. The number of benzene rings is 2. The lowest BCUT2D eigenvalue weighted by Gasteiger charge is -2.13. The van der Waals surface area contributed by atoms with Crippen LogP contribution in [0.4, 0.5) is 0 Å². The van der Waals surface area contributed by atoms with Crippen molar-refractivity contribution in [1.82, 2.24) is 9.66 Å². The first-order valence-electron chi connectivity index (χ1n) is 7.87. The Labute approximate surface area is 135 Å². The number of fused-ring (bicyclic) bond motifs is 1. The highest BCUT2D eigenvalue weighted by Crippen LogP contribution is 2.14. The fourth-order valence-electron chi connectivity index (χ4n) is 2.62. The second-order valence-corrected chi connectivity index (χ2v) is 6.05. The molecule has 0 saturated heterocycles. The van der Waals surface area contributed by atoms with E-state index in [1.54, 1.807) is 6.07 Å². The zero-order valence-corrected chi connectivity index (χ0v) is 13.7. The van der Waals surface area contributed by atoms with Gasteiger partial charge in [-0.15, -0.1) is 0 Å². The first-order chi connectivity index (χ1) is 11.1. The monoisotopic (exact) mass is 307 g/mol. The van der Waals surface area contributed by atoms with E-state index in [1.165, 1.54) is 10.2 Å². The third kappa shape index (κ3) is 3.11. The molecule has 0 aliphatic heterocycles. The summed E-state index contributed by atoms with van der Waals surface area (Å²) in [4.78, 5) is 17.1. The molecule has 4 heteroatoms. The molecule has 1 aromatic heterocycles. The molecule has 0 aliphatic carbocycles. The number of aromatic nitrogens is 2. The first-order valence-corrected chi connectivity index (χ1v) is 7.87. The van der Waals surface area contributed by atoms with Crippen LogP contribution in [-0.4, -0.2) is 9.66 Å². The van der Waals surface area contributed by atoms with Gasteiger partial charge in [-0.2, -0.15) is 0 Å². The highest BCUT2D eigenvalue weighted by molar-refractivity contribution is 5.77. The van der Waals surface area contributed by atoms with Crippen LogP contribution in [0.3, 0.4) is 0 Å². The first kappa shape index (κ1) is 15.3. The predicted molar refractivity (Wildman–Crippen MR) is 94.3 cm³/mol. The van der Waals surface area contributed by atoms with Crippen molar-refractivity contribution in [3.8, 4) is 0 Å². The Morgan fingerprint density at radius 2 is 1.78 bits per heavy atom. The topological polar surface area (TPSA) is 46.9 Å². The Morgan fingerprint density at radius 1 is 1.09 bits per heavy atom. The summed E-state index contributed by atoms with van der Waals surface area (Å²) in [5.74, 6) is 1.18. The van der Waals surface area contributed by atoms with Crippen molar-refractivity contribution in [3.63, 3.8) is 0 Å². The summed E-state index contributed by atoms with van der Waals surface area (Å²) in [7, 11) is 0. The normalized spacial score (nSPS) is 11.1. The third-order valence-corrected chi connectivity index (χ3v) is 4.03. The number of aryl methyl sites for hydroxylation is 1. The maximum absolute atomic E-state index is 12.6. The molecule has 1 heterocycles. The molecule has 0 amide bonds. The summed E-state index contributed by atoms with van der Waals surface area (Å²) in [6, 6.07) is 15.9. The van der Waals surface area contributed by atoms with Gasteiger partial charge < -0.3 is 5.43 Å². The van der Waals surface area contributed by atoms with E-state index in [2.05, 4.69) is 48.5 Å². The van der Waals surface area contributed by atoms with Gasteiger partial charge in [-0.25, -0.2) is 9.66 Å². The lowest BCUT2D eigenvalue weighted by atomic mass is 10.0. The molecule has 23 heavy (non-hydrogen) atoms. The number of rotatable bonds is 4. The number of para-hydroxylation sites is 1. The second-order valence-electron chi connectivity index (χ2n) is 6.05. The average Bonchev–Trinajstić information content (AvgIpc) is 2.55. The Bertz CT molecular complexity index is 879. The van der Waals surface area contributed by atoms with E-state index < -0.39 is 0 Å². The van der Waals surface area contributed by atoms with Crippen LogP contribution < -0.4 is 11.0 Å². The fraction of sp³-hybridized carbons (Fsp3) is 0.263. The van der Waals surface area contributed by atoms with E-state index in [9.17, 15) is 4.79 Å². The Balaban J connectivity index is 1.85. The quantitative estimate of drug-likeness (QED) is 0.801. The number of hydrogen-bond acceptors (Lipinski definition) is 3. The largest absolute Gasteiger partial charge is 0.317 e. The van der Waals surface area contributed by atoms with Gasteiger partial charge in [0.25, 0.3) is 5.56 Å². The van der Waals surface area contributed by atoms with E-state index >= 15 is 0 Å². The minimum absolute atomic E-state index is 0.0631. The molecule has 0 unspecified atom stereocenters. The molecule has 0 fully saturated rings. The Hall–Kier alpha value is -2.62. The number of nitrogens with one attached hydrogen (secondary N) is 1. The molecule has 0 radical (unpaired) electrons. The van der Waals surface area contributed by atoms with Crippen LogP contribution in [-0.2, 0) is 6.54 Å². The summed E-state index contributed by atoms with van der Waals surface area (Å²) in [5.41, 5.74) is 6.30. The molecule has 0 saturated carbocycles. The highest BCUT2D eigenvalue weighted by atomic mass is 16.1. The SMILES string of the molecule is Cc1nc2ccccc2c(=O)n1NCc1ccc(C(C)C)cc1. The van der Waals surface area contributed by atoms with Crippen molar-refractivity contribution in [2.24, 2.45) is 0 Å². The van der Waals surface area contributed by atoms with E-state index in [0.29, 0.717) is 23.7 Å². The smallest absolute Gasteiger partial charge is 0.279 e. The molecule has 0 aliphatic rings. The van der Waals surface area contributed by atoms with Crippen LogP contribution >= 0.6 is 0 Å². The molecule has 4 nitrogen and oxygen atoms in total. The summed E-state index contributed by atoms with van der Waals surface area (Å²) in [6.45, 7) is 6.77. The van der Waals surface area contributed by atoms with Gasteiger partial charge in [0.2, 0.25) is 0 Å². The van der Waals surface area contributed by atoms with Crippen molar-refractivity contribution < 1.29 is 0 Å². The van der Waals surface area contributed by atoms with Gasteiger partial charge >= 0.3 is 0 Å². The summed E-state index contributed by atoms with van der Waals surface area (Å²) >= 11 is 0. The van der Waals surface area contributed by atoms with Crippen LogP contribution in [0, 0.1) is 6.92 Å². The molecular formula is C19H21N3O. The molecule has 0 spiro atoms. The van der Waals surface area contributed by atoms with Crippen LogP contribution in [0.2, 0.25) is 0 Å². The summed E-state index contributed by atoms with van der Waals surface area (Å²) in [6.07, 6.45) is 0. The Morgan fingerprint density at radius 3 is 2.48 bits per heavy atom. The van der Waals surface area contributed by atoms with E-state index in [-0.39, 0.29) is 5.56 Å². The van der Waals surface area contributed by atoms with Gasteiger partial charge in [-0.05, 0) is 36.1 Å². The van der Waals surface area contributed by atoms with Gasteiger partial charge in [0.05, 0.1) is 17.4 Å². The second kappa shape index (κ2) is 6.24. The van der Waals surface area contributed by atoms with Gasteiger partial charge in [0.15, 0.2) is 0 Å². The van der Waals surface area contributed by atoms with Crippen molar-refractivity contribution >= 4 is 10.9 Å². The van der Waals surface area contributed by atoms with Crippen LogP contribution in [0.15, 0.2) is 53.3 Å². The van der Waals surface area contributed by atoms with E-state index in [1.807, 2.05) is 25.1 Å². The minimum atomic E-state index is -0.0631. The number of nitrogens with zero attached hydrogens (tertiary/aromatic N) is 2. The fourth-order valence-corrected chi connectivity index (χ4v) is 2.62. The molecule has 0 bridgehead atoms. The maximum atomic E-state index is 12.6. The molecule has 2 aromatic carbocycles. The van der Waals surface area contributed by atoms with Crippen molar-refractivity contribution in [3.05, 3.63) is 75.8 Å². The zero-order valence-electron chi connectivity index (χ0n) is 13.7. The molecule has 0 atom stereocenters. The maximum Gasteiger partial charge on any atom is 0.279 e. The van der Waals surface area contributed by atoms with Gasteiger partial charge in [0.1, 0.15) is 5.82 Å².